The van der Waals surface area contributed by atoms with Gasteiger partial charge >= 0.3 is 6.18 Å². The zero-order valence-electron chi connectivity index (χ0n) is 13.3. The molecule has 0 radical (unpaired) electrons. The summed E-state index contributed by atoms with van der Waals surface area (Å²) >= 11 is 0. The van der Waals surface area contributed by atoms with Crippen molar-refractivity contribution in [1.82, 2.24) is 4.90 Å². The van der Waals surface area contributed by atoms with Crippen molar-refractivity contribution in [1.29, 1.82) is 0 Å². The van der Waals surface area contributed by atoms with E-state index in [1.165, 1.54) is 36.4 Å². The number of halogens is 3. The Labute approximate surface area is 134 Å². The summed E-state index contributed by atoms with van der Waals surface area (Å²) in [6.07, 6.45) is -4.84. The van der Waals surface area contributed by atoms with Crippen LogP contribution in [0, 0.1) is 0 Å². The highest BCUT2D eigenvalue weighted by Gasteiger charge is 2.57. The van der Waals surface area contributed by atoms with Crippen LogP contribution in [0.25, 0.3) is 0 Å². The quantitative estimate of drug-likeness (QED) is 0.915. The van der Waals surface area contributed by atoms with E-state index in [1.54, 1.807) is 44.1 Å². The van der Waals surface area contributed by atoms with Crippen LogP contribution in [0.4, 0.5) is 13.2 Å². The first-order valence-electron chi connectivity index (χ1n) is 7.30. The molecule has 2 unspecified atom stereocenters. The summed E-state index contributed by atoms with van der Waals surface area (Å²) in [7, 11) is 3.58. The van der Waals surface area contributed by atoms with Crippen LogP contribution >= 0.6 is 0 Å². The summed E-state index contributed by atoms with van der Waals surface area (Å²) in [6.45, 7) is 1.81. The van der Waals surface area contributed by atoms with Crippen molar-refractivity contribution < 1.29 is 18.3 Å². The van der Waals surface area contributed by atoms with Crippen molar-refractivity contribution in [2.24, 2.45) is 0 Å². The summed E-state index contributed by atoms with van der Waals surface area (Å²) in [5, 5.41) is 10.8. The highest BCUT2D eigenvalue weighted by molar-refractivity contribution is 5.43. The summed E-state index contributed by atoms with van der Waals surface area (Å²) in [6, 6.07) is 13.1. The van der Waals surface area contributed by atoms with Gasteiger partial charge in [0.15, 0.2) is 0 Å². The molecule has 2 aromatic carbocycles. The summed E-state index contributed by atoms with van der Waals surface area (Å²) in [5.41, 5.74) is -2.93. The van der Waals surface area contributed by atoms with E-state index in [9.17, 15) is 18.3 Å². The number of rotatable bonds is 4. The van der Waals surface area contributed by atoms with Crippen LogP contribution < -0.4 is 0 Å². The van der Waals surface area contributed by atoms with Gasteiger partial charge in [0, 0.05) is 11.6 Å². The zero-order chi connectivity index (χ0) is 17.3. The third-order valence-corrected chi connectivity index (χ3v) is 4.18. The lowest BCUT2D eigenvalue weighted by Crippen LogP contribution is -2.44. The van der Waals surface area contributed by atoms with Gasteiger partial charge in [0.1, 0.15) is 0 Å². The van der Waals surface area contributed by atoms with E-state index in [1.807, 2.05) is 0 Å². The normalized spacial score (nSPS) is 16.2. The lowest BCUT2D eigenvalue weighted by molar-refractivity contribution is -0.248. The van der Waals surface area contributed by atoms with Crippen LogP contribution in [0.1, 0.15) is 29.7 Å². The molecule has 0 bridgehead atoms. The van der Waals surface area contributed by atoms with Gasteiger partial charge in [0.05, 0.1) is 0 Å². The van der Waals surface area contributed by atoms with Crippen LogP contribution in [0.3, 0.4) is 0 Å². The van der Waals surface area contributed by atoms with Crippen molar-refractivity contribution in [2.45, 2.75) is 24.7 Å². The fourth-order valence-corrected chi connectivity index (χ4v) is 2.62. The smallest absolute Gasteiger partial charge is 0.372 e. The third kappa shape index (κ3) is 3.12. The maximum Gasteiger partial charge on any atom is 0.425 e. The molecule has 0 aliphatic heterocycles. The van der Waals surface area contributed by atoms with E-state index in [2.05, 4.69) is 0 Å². The van der Waals surface area contributed by atoms with E-state index < -0.39 is 11.8 Å². The lowest BCUT2D eigenvalue weighted by Gasteiger charge is -2.35. The average molecular weight is 323 g/mol. The second-order valence-corrected chi connectivity index (χ2v) is 5.80. The Balaban J connectivity index is 2.73. The summed E-state index contributed by atoms with van der Waals surface area (Å²) < 4.78 is 41.6. The van der Waals surface area contributed by atoms with Crippen LogP contribution in [-0.4, -0.2) is 30.3 Å². The predicted molar refractivity (Wildman–Crippen MR) is 84.0 cm³/mol. The standard InChI is InChI=1S/C18H20F3NO/c1-13(22(2)3)15-11-7-8-12-16(15)17(23,18(19,20)21)14-9-5-4-6-10-14/h4-13,23H,1-3H3. The van der Waals surface area contributed by atoms with E-state index in [-0.39, 0.29) is 17.2 Å². The number of alkyl halides is 3. The molecule has 0 heterocycles. The Bertz CT molecular complexity index is 655. The fraction of sp³-hybridized carbons (Fsp3) is 0.333. The van der Waals surface area contributed by atoms with Gasteiger partial charge in [0.25, 0.3) is 0 Å². The monoisotopic (exact) mass is 323 g/mol. The third-order valence-electron chi connectivity index (χ3n) is 4.18. The SMILES string of the molecule is CC(c1ccccc1C(O)(c1ccccc1)C(F)(F)F)N(C)C. The van der Waals surface area contributed by atoms with Gasteiger partial charge in [-0.3, -0.25) is 0 Å². The molecule has 2 rings (SSSR count). The van der Waals surface area contributed by atoms with E-state index >= 15 is 0 Å². The molecule has 0 spiro atoms. The van der Waals surface area contributed by atoms with Gasteiger partial charge in [-0.05, 0) is 32.1 Å². The Kier molecular flexibility index (Phi) is 4.82. The maximum atomic E-state index is 13.9. The number of hydrogen-bond acceptors (Lipinski definition) is 2. The highest BCUT2D eigenvalue weighted by Crippen LogP contribution is 2.46. The first kappa shape index (κ1) is 17.5. The van der Waals surface area contributed by atoms with Crippen molar-refractivity contribution >= 4 is 0 Å². The predicted octanol–water partition coefficient (Wildman–Crippen LogP) is 4.11. The molecule has 0 fully saturated rings. The average Bonchev–Trinajstić information content (AvgIpc) is 2.53. The number of aliphatic hydroxyl groups is 1. The molecule has 0 saturated heterocycles. The van der Waals surface area contributed by atoms with Gasteiger partial charge < -0.3 is 10.0 Å². The second-order valence-electron chi connectivity index (χ2n) is 5.80. The molecule has 2 aromatic rings. The number of benzene rings is 2. The Morgan fingerprint density at radius 1 is 0.913 bits per heavy atom. The highest BCUT2D eigenvalue weighted by atomic mass is 19.4. The van der Waals surface area contributed by atoms with Crippen LogP contribution in [-0.2, 0) is 5.60 Å². The largest absolute Gasteiger partial charge is 0.425 e. The van der Waals surface area contributed by atoms with E-state index in [4.69, 9.17) is 0 Å². The Morgan fingerprint density at radius 3 is 1.96 bits per heavy atom. The van der Waals surface area contributed by atoms with Gasteiger partial charge in [0.2, 0.25) is 5.60 Å². The molecular weight excluding hydrogens is 303 g/mol. The molecule has 0 saturated carbocycles. The van der Waals surface area contributed by atoms with Gasteiger partial charge in [-0.15, -0.1) is 0 Å². The van der Waals surface area contributed by atoms with Crippen LogP contribution in [0.15, 0.2) is 54.6 Å². The van der Waals surface area contributed by atoms with Gasteiger partial charge in [-0.2, -0.15) is 13.2 Å². The van der Waals surface area contributed by atoms with Crippen LogP contribution in [0.5, 0.6) is 0 Å². The Morgan fingerprint density at radius 2 is 1.43 bits per heavy atom. The zero-order valence-corrected chi connectivity index (χ0v) is 13.3. The van der Waals surface area contributed by atoms with E-state index in [0.29, 0.717) is 5.56 Å². The minimum absolute atomic E-state index is 0.139. The van der Waals surface area contributed by atoms with Crippen molar-refractivity contribution in [3.8, 4) is 0 Å². The summed E-state index contributed by atoms with van der Waals surface area (Å²) in [4.78, 5) is 1.81. The molecule has 0 amide bonds. The van der Waals surface area contributed by atoms with Crippen LogP contribution in [0.2, 0.25) is 0 Å². The Hall–Kier alpha value is -1.85. The molecule has 2 nitrogen and oxygen atoms in total. The topological polar surface area (TPSA) is 23.5 Å². The molecule has 23 heavy (non-hydrogen) atoms. The van der Waals surface area contributed by atoms with Crippen molar-refractivity contribution in [2.75, 3.05) is 14.1 Å². The number of nitrogens with zero attached hydrogens (tertiary/aromatic N) is 1. The molecule has 1 N–H and O–H groups in total. The van der Waals surface area contributed by atoms with Gasteiger partial charge in [-0.25, -0.2) is 0 Å². The van der Waals surface area contributed by atoms with Crippen molar-refractivity contribution in [3.63, 3.8) is 0 Å². The fourth-order valence-electron chi connectivity index (χ4n) is 2.62. The molecule has 124 valence electrons. The first-order chi connectivity index (χ1) is 10.7. The minimum atomic E-state index is -4.84. The molecule has 2 atom stereocenters. The lowest BCUT2D eigenvalue weighted by atomic mass is 9.81. The molecule has 0 aliphatic carbocycles. The maximum absolute atomic E-state index is 13.9. The molecule has 5 heteroatoms. The van der Waals surface area contributed by atoms with E-state index in [0.717, 1.165) is 0 Å². The minimum Gasteiger partial charge on any atom is -0.372 e. The second kappa shape index (κ2) is 6.34. The number of hydrogen-bond donors (Lipinski definition) is 1. The van der Waals surface area contributed by atoms with Crippen molar-refractivity contribution in [3.05, 3.63) is 71.3 Å². The first-order valence-corrected chi connectivity index (χ1v) is 7.30. The summed E-state index contributed by atoms with van der Waals surface area (Å²) in [5.74, 6) is 0. The molecule has 0 aromatic heterocycles. The molecular formula is C18H20F3NO. The molecule has 0 aliphatic rings. The van der Waals surface area contributed by atoms with Gasteiger partial charge in [-0.1, -0.05) is 54.6 Å².